The minimum absolute atomic E-state index is 0.0210. The minimum Gasteiger partial charge on any atom is -0.333 e. The number of thioether (sulfide) groups is 1. The van der Waals surface area contributed by atoms with Crippen LogP contribution in [0, 0.1) is 0 Å². The average molecular weight is 442 g/mol. The fourth-order valence-electron chi connectivity index (χ4n) is 2.59. The zero-order chi connectivity index (χ0) is 22.0. The predicted molar refractivity (Wildman–Crippen MR) is 113 cm³/mol. The molecule has 9 nitrogen and oxygen atoms in total. The third-order valence-corrected chi connectivity index (χ3v) is 5.84. The summed E-state index contributed by atoms with van der Waals surface area (Å²) in [6, 6.07) is 3.95. The van der Waals surface area contributed by atoms with Gasteiger partial charge in [-0.1, -0.05) is 18.7 Å². The maximum atomic E-state index is 12.4. The lowest BCUT2D eigenvalue weighted by Gasteiger charge is -2.21. The summed E-state index contributed by atoms with van der Waals surface area (Å²) in [5, 5.41) is 10.2. The summed E-state index contributed by atoms with van der Waals surface area (Å²) < 4.78 is 25.1. The zero-order valence-corrected chi connectivity index (χ0v) is 18.8. The lowest BCUT2D eigenvalue weighted by molar-refractivity contribution is -0.119. The number of rotatable bonds is 6. The molecular weight excluding hydrogens is 414 g/mol. The summed E-state index contributed by atoms with van der Waals surface area (Å²) in [6.45, 7) is 9.78. The molecular formula is C18H27N5O4S2. The Morgan fingerprint density at radius 2 is 1.97 bits per heavy atom. The number of benzene rings is 1. The second-order valence-electron chi connectivity index (χ2n) is 7.70. The van der Waals surface area contributed by atoms with E-state index in [4.69, 9.17) is 5.14 Å². The Bertz CT molecular complexity index is 1020. The largest absolute Gasteiger partial charge is 0.333 e. The van der Waals surface area contributed by atoms with E-state index in [9.17, 15) is 18.0 Å². The van der Waals surface area contributed by atoms with Crippen LogP contribution >= 0.6 is 11.8 Å². The summed E-state index contributed by atoms with van der Waals surface area (Å²) >= 11 is 1.20. The molecule has 160 valence electrons. The van der Waals surface area contributed by atoms with Crippen LogP contribution in [0.4, 0.5) is 4.79 Å². The van der Waals surface area contributed by atoms with Gasteiger partial charge < -0.3 is 9.88 Å². The standard InChI is InChI=1S/C18H27N5O4S2/c1-6-9-23-14-8-7-12(29(19,26)27)10-13(14)20-17(23)28-11(2)15(24)21-16(25)22-18(3,4)5/h7-8,10-11H,6,9H2,1-5H3,(H2,19,26,27)(H2,21,22,24,25)/t11-/m0/s1. The molecule has 1 atom stereocenters. The van der Waals surface area contributed by atoms with Gasteiger partial charge in [-0.05, 0) is 52.3 Å². The molecule has 3 amide bonds. The van der Waals surface area contributed by atoms with Gasteiger partial charge in [0.1, 0.15) is 0 Å². The first kappa shape index (κ1) is 23.2. The highest BCUT2D eigenvalue weighted by molar-refractivity contribution is 8.00. The van der Waals surface area contributed by atoms with Gasteiger partial charge in [0, 0.05) is 12.1 Å². The van der Waals surface area contributed by atoms with E-state index in [1.165, 1.54) is 23.9 Å². The summed E-state index contributed by atoms with van der Waals surface area (Å²) in [7, 11) is -3.84. The van der Waals surface area contributed by atoms with E-state index in [1.807, 2.05) is 32.3 Å². The van der Waals surface area contributed by atoms with E-state index >= 15 is 0 Å². The fraction of sp³-hybridized carbons (Fsp3) is 0.500. The molecule has 1 aromatic carbocycles. The molecule has 1 heterocycles. The Morgan fingerprint density at radius 1 is 1.31 bits per heavy atom. The molecule has 0 saturated carbocycles. The third-order valence-electron chi connectivity index (χ3n) is 3.84. The molecule has 29 heavy (non-hydrogen) atoms. The monoisotopic (exact) mass is 441 g/mol. The molecule has 2 aromatic rings. The van der Waals surface area contributed by atoms with E-state index < -0.39 is 32.8 Å². The topological polar surface area (TPSA) is 136 Å². The Hall–Kier alpha value is -2.11. The van der Waals surface area contributed by atoms with Gasteiger partial charge in [-0.3, -0.25) is 10.1 Å². The van der Waals surface area contributed by atoms with Crippen molar-refractivity contribution in [2.24, 2.45) is 5.14 Å². The highest BCUT2D eigenvalue weighted by atomic mass is 32.2. The van der Waals surface area contributed by atoms with E-state index in [0.717, 1.165) is 11.9 Å². The maximum Gasteiger partial charge on any atom is 0.321 e. The zero-order valence-electron chi connectivity index (χ0n) is 17.1. The van der Waals surface area contributed by atoms with Gasteiger partial charge in [-0.2, -0.15) is 0 Å². The smallest absolute Gasteiger partial charge is 0.321 e. The number of urea groups is 1. The second-order valence-corrected chi connectivity index (χ2v) is 10.6. The number of imidazole rings is 1. The number of nitrogens with two attached hydrogens (primary N) is 1. The van der Waals surface area contributed by atoms with Crippen molar-refractivity contribution in [3.63, 3.8) is 0 Å². The van der Waals surface area contributed by atoms with Gasteiger partial charge >= 0.3 is 6.03 Å². The number of aromatic nitrogens is 2. The Kier molecular flexibility index (Phi) is 6.97. The first-order chi connectivity index (χ1) is 13.3. The fourth-order valence-corrected chi connectivity index (χ4v) is 4.07. The van der Waals surface area contributed by atoms with Crippen molar-refractivity contribution in [1.82, 2.24) is 20.2 Å². The van der Waals surface area contributed by atoms with Crippen LogP contribution in [0.15, 0.2) is 28.3 Å². The van der Waals surface area contributed by atoms with Gasteiger partial charge in [0.25, 0.3) is 0 Å². The van der Waals surface area contributed by atoms with Crippen LogP contribution in [0.25, 0.3) is 11.0 Å². The highest BCUT2D eigenvalue weighted by Gasteiger charge is 2.23. The molecule has 0 spiro atoms. The molecule has 0 bridgehead atoms. The number of carbonyl (C=O) groups is 2. The van der Waals surface area contributed by atoms with Gasteiger partial charge in [-0.15, -0.1) is 0 Å². The Morgan fingerprint density at radius 3 is 2.52 bits per heavy atom. The van der Waals surface area contributed by atoms with Crippen LogP contribution in [0.5, 0.6) is 0 Å². The molecule has 1 aromatic heterocycles. The van der Waals surface area contributed by atoms with Crippen LogP contribution in [-0.4, -0.2) is 40.7 Å². The number of sulfonamides is 1. The molecule has 0 radical (unpaired) electrons. The van der Waals surface area contributed by atoms with E-state index in [1.54, 1.807) is 13.0 Å². The molecule has 0 aliphatic carbocycles. The van der Waals surface area contributed by atoms with Crippen molar-refractivity contribution in [2.75, 3.05) is 0 Å². The van der Waals surface area contributed by atoms with Crippen LogP contribution in [-0.2, 0) is 21.4 Å². The quantitative estimate of drug-likeness (QED) is 0.588. The van der Waals surface area contributed by atoms with Crippen molar-refractivity contribution >= 4 is 44.8 Å². The number of carbonyl (C=O) groups excluding carboxylic acids is 2. The van der Waals surface area contributed by atoms with Crippen LogP contribution in [0.2, 0.25) is 0 Å². The SMILES string of the molecule is CCCn1c(S[C@@H](C)C(=O)NC(=O)NC(C)(C)C)nc2cc(S(N)(=O)=O)ccc21. The third kappa shape index (κ3) is 6.18. The molecule has 0 saturated heterocycles. The van der Waals surface area contributed by atoms with Gasteiger partial charge in [0.2, 0.25) is 15.9 Å². The van der Waals surface area contributed by atoms with E-state index in [0.29, 0.717) is 17.2 Å². The molecule has 0 aliphatic rings. The molecule has 2 rings (SSSR count). The molecule has 0 fully saturated rings. The summed E-state index contributed by atoms with van der Waals surface area (Å²) in [4.78, 5) is 28.8. The van der Waals surface area contributed by atoms with Crippen molar-refractivity contribution in [3.05, 3.63) is 18.2 Å². The lowest BCUT2D eigenvalue weighted by Crippen LogP contribution is -2.49. The average Bonchev–Trinajstić information content (AvgIpc) is 2.89. The number of hydrogen-bond donors (Lipinski definition) is 3. The van der Waals surface area contributed by atoms with Gasteiger partial charge in [0.05, 0.1) is 21.2 Å². The van der Waals surface area contributed by atoms with E-state index in [2.05, 4.69) is 15.6 Å². The van der Waals surface area contributed by atoms with Crippen molar-refractivity contribution in [1.29, 1.82) is 0 Å². The van der Waals surface area contributed by atoms with Crippen LogP contribution in [0.3, 0.4) is 0 Å². The predicted octanol–water partition coefficient (Wildman–Crippen LogP) is 2.20. The number of imide groups is 1. The summed E-state index contributed by atoms with van der Waals surface area (Å²) in [5.41, 5.74) is 0.766. The van der Waals surface area contributed by atoms with Crippen LogP contribution in [0.1, 0.15) is 41.0 Å². The van der Waals surface area contributed by atoms with Gasteiger partial charge in [-0.25, -0.2) is 23.3 Å². The first-order valence-corrected chi connectivity index (χ1v) is 11.6. The van der Waals surface area contributed by atoms with Crippen LogP contribution < -0.4 is 15.8 Å². The summed E-state index contributed by atoms with van der Waals surface area (Å²) in [6.07, 6.45) is 0.824. The normalized spacial score (nSPS) is 13.3. The first-order valence-electron chi connectivity index (χ1n) is 9.14. The molecule has 4 N–H and O–H groups in total. The number of amides is 3. The summed E-state index contributed by atoms with van der Waals surface area (Å²) in [5.74, 6) is -0.447. The minimum atomic E-state index is -3.84. The molecule has 0 unspecified atom stereocenters. The molecule has 11 heteroatoms. The number of primary sulfonamides is 1. The van der Waals surface area contributed by atoms with Crippen molar-refractivity contribution in [3.8, 4) is 0 Å². The maximum absolute atomic E-state index is 12.4. The molecule has 0 aliphatic heterocycles. The second kappa shape index (κ2) is 8.72. The Labute approximate surface area is 174 Å². The number of fused-ring (bicyclic) bond motifs is 1. The van der Waals surface area contributed by atoms with Crippen molar-refractivity contribution in [2.45, 2.75) is 68.4 Å². The van der Waals surface area contributed by atoms with E-state index in [-0.39, 0.29) is 4.90 Å². The van der Waals surface area contributed by atoms with Crippen molar-refractivity contribution < 1.29 is 18.0 Å². The number of nitrogens with zero attached hydrogens (tertiary/aromatic N) is 2. The highest BCUT2D eigenvalue weighted by Crippen LogP contribution is 2.29. The van der Waals surface area contributed by atoms with Gasteiger partial charge in [0.15, 0.2) is 5.16 Å². The number of hydrogen-bond acceptors (Lipinski definition) is 6. The lowest BCUT2D eigenvalue weighted by atomic mass is 10.1. The number of aryl methyl sites for hydroxylation is 1. The Balaban J connectivity index is 2.26. The number of nitrogens with one attached hydrogen (secondary N) is 2.